The topological polar surface area (TPSA) is 38.3 Å². The van der Waals surface area contributed by atoms with Crippen molar-refractivity contribution in [2.75, 3.05) is 19.0 Å². The lowest BCUT2D eigenvalue weighted by molar-refractivity contribution is 0.0460. The lowest BCUT2D eigenvalue weighted by Gasteiger charge is -2.10. The van der Waals surface area contributed by atoms with Gasteiger partial charge in [0.15, 0.2) is 0 Å². The van der Waals surface area contributed by atoms with Crippen LogP contribution in [0.1, 0.15) is 24.2 Å². The van der Waals surface area contributed by atoms with Crippen molar-refractivity contribution in [2.24, 2.45) is 5.92 Å². The SMILES string of the molecule is CNc1ccccc1C(=O)OCC(C)C. The van der Waals surface area contributed by atoms with E-state index in [-0.39, 0.29) is 5.97 Å². The first kappa shape index (κ1) is 11.6. The summed E-state index contributed by atoms with van der Waals surface area (Å²) in [6, 6.07) is 7.32. The number of carbonyl (C=O) groups is 1. The van der Waals surface area contributed by atoms with Gasteiger partial charge < -0.3 is 10.1 Å². The van der Waals surface area contributed by atoms with Crippen LogP contribution in [0.3, 0.4) is 0 Å². The average Bonchev–Trinajstić information content (AvgIpc) is 2.25. The number of esters is 1. The maximum absolute atomic E-state index is 11.7. The number of benzene rings is 1. The number of para-hydroxylation sites is 1. The molecule has 0 aliphatic carbocycles. The molecule has 0 unspecified atom stereocenters. The van der Waals surface area contributed by atoms with Gasteiger partial charge in [-0.2, -0.15) is 0 Å². The van der Waals surface area contributed by atoms with Gasteiger partial charge in [0.1, 0.15) is 0 Å². The first-order valence-electron chi connectivity index (χ1n) is 5.09. The number of nitrogens with one attached hydrogen (secondary N) is 1. The zero-order valence-corrected chi connectivity index (χ0v) is 9.41. The van der Waals surface area contributed by atoms with E-state index in [4.69, 9.17) is 4.74 Å². The van der Waals surface area contributed by atoms with E-state index in [0.717, 1.165) is 5.69 Å². The molecule has 1 N–H and O–H groups in total. The lowest BCUT2D eigenvalue weighted by atomic mass is 10.2. The molecule has 0 saturated carbocycles. The van der Waals surface area contributed by atoms with Crippen LogP contribution in [-0.4, -0.2) is 19.6 Å². The minimum absolute atomic E-state index is 0.270. The van der Waals surface area contributed by atoms with Crippen molar-refractivity contribution in [3.8, 4) is 0 Å². The van der Waals surface area contributed by atoms with Gasteiger partial charge in [-0.3, -0.25) is 0 Å². The lowest BCUT2D eigenvalue weighted by Crippen LogP contribution is -2.11. The van der Waals surface area contributed by atoms with Crippen molar-refractivity contribution in [3.05, 3.63) is 29.8 Å². The van der Waals surface area contributed by atoms with Crippen molar-refractivity contribution in [3.63, 3.8) is 0 Å². The third kappa shape index (κ3) is 3.27. The molecule has 3 heteroatoms. The maximum atomic E-state index is 11.7. The van der Waals surface area contributed by atoms with Crippen molar-refractivity contribution in [1.82, 2.24) is 0 Å². The van der Waals surface area contributed by atoms with Gasteiger partial charge in [0.2, 0.25) is 0 Å². The van der Waals surface area contributed by atoms with Gasteiger partial charge in [0, 0.05) is 12.7 Å². The summed E-state index contributed by atoms with van der Waals surface area (Å²) in [7, 11) is 1.79. The first-order valence-corrected chi connectivity index (χ1v) is 5.09. The molecule has 0 radical (unpaired) electrons. The second-order valence-corrected chi connectivity index (χ2v) is 3.79. The Morgan fingerprint density at radius 3 is 2.67 bits per heavy atom. The molecule has 0 aromatic heterocycles. The molecule has 15 heavy (non-hydrogen) atoms. The highest BCUT2D eigenvalue weighted by atomic mass is 16.5. The average molecular weight is 207 g/mol. The Balaban J connectivity index is 2.72. The minimum atomic E-state index is -0.270. The van der Waals surface area contributed by atoms with Crippen LogP contribution in [0.4, 0.5) is 5.69 Å². The molecular weight excluding hydrogens is 190 g/mol. The summed E-state index contributed by atoms with van der Waals surface area (Å²) < 4.78 is 5.15. The fourth-order valence-electron chi connectivity index (χ4n) is 1.20. The highest BCUT2D eigenvalue weighted by Gasteiger charge is 2.11. The van der Waals surface area contributed by atoms with Crippen molar-refractivity contribution in [1.29, 1.82) is 0 Å². The van der Waals surface area contributed by atoms with Gasteiger partial charge in [0.05, 0.1) is 12.2 Å². The summed E-state index contributed by atoms with van der Waals surface area (Å²) in [4.78, 5) is 11.7. The van der Waals surface area contributed by atoms with E-state index in [1.807, 2.05) is 32.0 Å². The van der Waals surface area contributed by atoms with E-state index in [1.165, 1.54) is 0 Å². The van der Waals surface area contributed by atoms with Crippen LogP contribution in [0.2, 0.25) is 0 Å². The van der Waals surface area contributed by atoms with E-state index in [0.29, 0.717) is 18.1 Å². The fraction of sp³-hybridized carbons (Fsp3) is 0.417. The monoisotopic (exact) mass is 207 g/mol. The van der Waals surface area contributed by atoms with Crippen LogP contribution in [0.5, 0.6) is 0 Å². The van der Waals surface area contributed by atoms with Crippen LogP contribution in [0.15, 0.2) is 24.3 Å². The predicted octanol–water partition coefficient (Wildman–Crippen LogP) is 2.54. The largest absolute Gasteiger partial charge is 0.462 e. The minimum Gasteiger partial charge on any atom is -0.462 e. The molecule has 82 valence electrons. The summed E-state index contributed by atoms with van der Waals surface area (Å²) in [5.41, 5.74) is 1.38. The standard InChI is InChI=1S/C12H17NO2/c1-9(2)8-15-12(14)10-6-4-5-7-11(10)13-3/h4-7,9,13H,8H2,1-3H3. The van der Waals surface area contributed by atoms with Crippen molar-refractivity contribution in [2.45, 2.75) is 13.8 Å². The molecule has 0 heterocycles. The third-order valence-electron chi connectivity index (χ3n) is 1.96. The molecule has 0 amide bonds. The molecule has 0 saturated heterocycles. The molecule has 0 bridgehead atoms. The number of ether oxygens (including phenoxy) is 1. The third-order valence-corrected chi connectivity index (χ3v) is 1.96. The molecule has 0 spiro atoms. The molecule has 1 aromatic rings. The van der Waals surface area contributed by atoms with Gasteiger partial charge in [-0.05, 0) is 18.1 Å². The normalized spacial score (nSPS) is 10.1. The van der Waals surface area contributed by atoms with E-state index < -0.39 is 0 Å². The van der Waals surface area contributed by atoms with Gasteiger partial charge in [-0.25, -0.2) is 4.79 Å². The fourth-order valence-corrected chi connectivity index (χ4v) is 1.20. The molecule has 0 fully saturated rings. The predicted molar refractivity (Wildman–Crippen MR) is 61.1 cm³/mol. The van der Waals surface area contributed by atoms with E-state index in [2.05, 4.69) is 5.32 Å². The summed E-state index contributed by atoms with van der Waals surface area (Å²) in [5, 5.41) is 2.96. The first-order chi connectivity index (χ1) is 7.15. The van der Waals surface area contributed by atoms with Crippen LogP contribution >= 0.6 is 0 Å². The van der Waals surface area contributed by atoms with Crippen LogP contribution in [0.25, 0.3) is 0 Å². The highest BCUT2D eigenvalue weighted by molar-refractivity contribution is 5.95. The summed E-state index contributed by atoms with van der Waals surface area (Å²) >= 11 is 0. The Hall–Kier alpha value is -1.51. The van der Waals surface area contributed by atoms with E-state index >= 15 is 0 Å². The Morgan fingerprint density at radius 1 is 1.40 bits per heavy atom. The maximum Gasteiger partial charge on any atom is 0.340 e. The molecule has 0 aliphatic rings. The van der Waals surface area contributed by atoms with Gasteiger partial charge >= 0.3 is 5.97 Å². The molecule has 1 aromatic carbocycles. The van der Waals surface area contributed by atoms with Crippen LogP contribution in [0, 0.1) is 5.92 Å². The molecule has 3 nitrogen and oxygen atoms in total. The van der Waals surface area contributed by atoms with Gasteiger partial charge in [0.25, 0.3) is 0 Å². The Kier molecular flexibility index (Phi) is 4.16. The molecule has 0 aliphatic heterocycles. The number of hydrogen-bond acceptors (Lipinski definition) is 3. The second-order valence-electron chi connectivity index (χ2n) is 3.79. The Bertz CT molecular complexity index is 334. The Labute approximate surface area is 90.4 Å². The zero-order chi connectivity index (χ0) is 11.3. The van der Waals surface area contributed by atoms with Crippen LogP contribution in [-0.2, 0) is 4.74 Å². The number of rotatable bonds is 4. The smallest absolute Gasteiger partial charge is 0.340 e. The van der Waals surface area contributed by atoms with Crippen molar-refractivity contribution >= 4 is 11.7 Å². The summed E-state index contributed by atoms with van der Waals surface area (Å²) in [6.45, 7) is 4.48. The number of carbonyl (C=O) groups excluding carboxylic acids is 1. The van der Waals surface area contributed by atoms with E-state index in [1.54, 1.807) is 13.1 Å². The quantitative estimate of drug-likeness (QED) is 0.771. The van der Waals surface area contributed by atoms with Gasteiger partial charge in [-0.15, -0.1) is 0 Å². The zero-order valence-electron chi connectivity index (χ0n) is 9.41. The highest BCUT2D eigenvalue weighted by Crippen LogP contribution is 2.15. The molecule has 0 atom stereocenters. The molecular formula is C12H17NO2. The van der Waals surface area contributed by atoms with E-state index in [9.17, 15) is 4.79 Å². The Morgan fingerprint density at radius 2 is 2.07 bits per heavy atom. The van der Waals surface area contributed by atoms with Crippen molar-refractivity contribution < 1.29 is 9.53 Å². The summed E-state index contributed by atoms with van der Waals surface area (Å²) in [5.74, 6) is 0.0874. The number of hydrogen-bond donors (Lipinski definition) is 1. The van der Waals surface area contributed by atoms with Gasteiger partial charge in [-0.1, -0.05) is 26.0 Å². The second kappa shape index (κ2) is 5.39. The number of anilines is 1. The molecule has 1 rings (SSSR count). The van der Waals surface area contributed by atoms with Crippen LogP contribution < -0.4 is 5.32 Å². The summed E-state index contributed by atoms with van der Waals surface area (Å²) in [6.07, 6.45) is 0.